The van der Waals surface area contributed by atoms with Crippen LogP contribution in [0.4, 0.5) is 17.6 Å². The average Bonchev–Trinajstić information content (AvgIpc) is 2.39. The molecule has 0 saturated carbocycles. The van der Waals surface area contributed by atoms with Crippen LogP contribution in [-0.2, 0) is 6.42 Å². The molecule has 20 heavy (non-hydrogen) atoms. The first kappa shape index (κ1) is 14.8. The highest BCUT2D eigenvalue weighted by atomic mass is 35.5. The molecule has 0 fully saturated rings. The number of rotatable bonds is 3. The normalized spacial score (nSPS) is 12.5. The van der Waals surface area contributed by atoms with Gasteiger partial charge in [-0.1, -0.05) is 23.7 Å². The third-order valence-corrected chi connectivity index (χ3v) is 3.15. The lowest BCUT2D eigenvalue weighted by molar-refractivity contribution is 0.434. The monoisotopic (exact) mass is 303 g/mol. The molecule has 0 aliphatic heterocycles. The molecule has 1 nitrogen and oxygen atoms in total. The number of hydrogen-bond acceptors (Lipinski definition) is 1. The minimum atomic E-state index is -1.59. The van der Waals surface area contributed by atoms with Crippen molar-refractivity contribution in [1.29, 1.82) is 0 Å². The summed E-state index contributed by atoms with van der Waals surface area (Å²) in [4.78, 5) is 0. The highest BCUT2D eigenvalue weighted by Gasteiger charge is 2.19. The van der Waals surface area contributed by atoms with Crippen LogP contribution in [0.1, 0.15) is 17.2 Å². The molecule has 0 spiro atoms. The predicted octanol–water partition coefficient (Wildman–Crippen LogP) is 4.14. The summed E-state index contributed by atoms with van der Waals surface area (Å²) in [5.74, 6) is -4.83. The lowest BCUT2D eigenvalue weighted by Gasteiger charge is -2.14. The molecule has 2 rings (SSSR count). The SMILES string of the molecule is NC(Cc1ccc(Cl)cc1F)c1ccc(F)c(F)c1F. The molecule has 0 amide bonds. The van der Waals surface area contributed by atoms with E-state index >= 15 is 0 Å². The summed E-state index contributed by atoms with van der Waals surface area (Å²) in [7, 11) is 0. The molecule has 0 aliphatic rings. The van der Waals surface area contributed by atoms with E-state index in [2.05, 4.69) is 0 Å². The number of halogens is 5. The second-order valence-electron chi connectivity index (χ2n) is 4.31. The molecule has 1 atom stereocenters. The predicted molar refractivity (Wildman–Crippen MR) is 68.4 cm³/mol. The van der Waals surface area contributed by atoms with Gasteiger partial charge in [0, 0.05) is 16.6 Å². The van der Waals surface area contributed by atoms with Gasteiger partial charge in [-0.3, -0.25) is 0 Å². The fraction of sp³-hybridized carbons (Fsp3) is 0.143. The first-order chi connectivity index (χ1) is 9.40. The molecule has 0 aliphatic carbocycles. The van der Waals surface area contributed by atoms with Crippen LogP contribution < -0.4 is 5.73 Å². The lowest BCUT2D eigenvalue weighted by atomic mass is 9.98. The molecule has 6 heteroatoms. The smallest absolute Gasteiger partial charge is 0.194 e. The zero-order valence-electron chi connectivity index (χ0n) is 10.1. The van der Waals surface area contributed by atoms with E-state index in [1.165, 1.54) is 12.1 Å². The highest BCUT2D eigenvalue weighted by molar-refractivity contribution is 6.30. The van der Waals surface area contributed by atoms with E-state index in [-0.39, 0.29) is 22.6 Å². The van der Waals surface area contributed by atoms with Gasteiger partial charge in [0.2, 0.25) is 0 Å². The Kier molecular flexibility index (Phi) is 4.30. The molecule has 0 saturated heterocycles. The molecule has 0 aromatic heterocycles. The van der Waals surface area contributed by atoms with Crippen LogP contribution in [0.2, 0.25) is 5.02 Å². The van der Waals surface area contributed by atoms with Crippen molar-refractivity contribution in [3.63, 3.8) is 0 Å². The summed E-state index contributed by atoms with van der Waals surface area (Å²) in [6.07, 6.45) is -0.0645. The highest BCUT2D eigenvalue weighted by Crippen LogP contribution is 2.24. The second kappa shape index (κ2) is 5.81. The van der Waals surface area contributed by atoms with Gasteiger partial charge in [0.05, 0.1) is 0 Å². The standard InChI is InChI=1S/C14H10ClF4N/c15-8-2-1-7(11(17)6-8)5-12(20)9-3-4-10(16)14(19)13(9)18/h1-4,6,12H,5,20H2. The quantitative estimate of drug-likeness (QED) is 0.669. The molecule has 2 N–H and O–H groups in total. The van der Waals surface area contributed by atoms with Crippen molar-refractivity contribution in [2.75, 3.05) is 0 Å². The van der Waals surface area contributed by atoms with Gasteiger partial charge in [-0.25, -0.2) is 17.6 Å². The summed E-state index contributed by atoms with van der Waals surface area (Å²) >= 11 is 5.61. The van der Waals surface area contributed by atoms with Crippen LogP contribution in [-0.4, -0.2) is 0 Å². The molecule has 0 radical (unpaired) electrons. The maximum atomic E-state index is 13.6. The van der Waals surface area contributed by atoms with Crippen LogP contribution in [0.3, 0.4) is 0 Å². The fourth-order valence-electron chi connectivity index (χ4n) is 1.86. The summed E-state index contributed by atoms with van der Waals surface area (Å²) in [5, 5.41) is 0.221. The molecule has 1 unspecified atom stereocenters. The Balaban J connectivity index is 2.28. The van der Waals surface area contributed by atoms with Gasteiger partial charge >= 0.3 is 0 Å². The van der Waals surface area contributed by atoms with E-state index in [1.54, 1.807) is 0 Å². The Morgan fingerprint density at radius 1 is 0.950 bits per heavy atom. The molecular weight excluding hydrogens is 294 g/mol. The van der Waals surface area contributed by atoms with Crippen LogP contribution >= 0.6 is 11.6 Å². The van der Waals surface area contributed by atoms with Gasteiger partial charge < -0.3 is 5.73 Å². The van der Waals surface area contributed by atoms with E-state index in [0.29, 0.717) is 0 Å². The fourth-order valence-corrected chi connectivity index (χ4v) is 2.02. The second-order valence-corrected chi connectivity index (χ2v) is 4.75. The van der Waals surface area contributed by atoms with E-state index in [9.17, 15) is 17.6 Å². The first-order valence-electron chi connectivity index (χ1n) is 5.73. The van der Waals surface area contributed by atoms with Crippen molar-refractivity contribution in [3.8, 4) is 0 Å². The Bertz CT molecular complexity index is 645. The topological polar surface area (TPSA) is 26.0 Å². The van der Waals surface area contributed by atoms with Gasteiger partial charge in [-0.15, -0.1) is 0 Å². The number of nitrogens with two attached hydrogens (primary N) is 1. The Labute approximate surface area is 118 Å². The van der Waals surface area contributed by atoms with Crippen LogP contribution in [0.5, 0.6) is 0 Å². The zero-order valence-corrected chi connectivity index (χ0v) is 10.9. The first-order valence-corrected chi connectivity index (χ1v) is 6.11. The van der Waals surface area contributed by atoms with Gasteiger partial charge in [0.1, 0.15) is 5.82 Å². The number of benzene rings is 2. The van der Waals surface area contributed by atoms with Gasteiger partial charge in [-0.05, 0) is 30.2 Å². The minimum absolute atomic E-state index is 0.0645. The summed E-state index contributed by atoms with van der Waals surface area (Å²) in [6.45, 7) is 0. The maximum Gasteiger partial charge on any atom is 0.194 e. The van der Waals surface area contributed by atoms with Crippen LogP contribution in [0.15, 0.2) is 30.3 Å². The van der Waals surface area contributed by atoms with Crippen molar-refractivity contribution in [1.82, 2.24) is 0 Å². The van der Waals surface area contributed by atoms with E-state index in [4.69, 9.17) is 17.3 Å². The van der Waals surface area contributed by atoms with E-state index < -0.39 is 29.3 Å². The molecule has 2 aromatic carbocycles. The number of hydrogen-bond donors (Lipinski definition) is 1. The van der Waals surface area contributed by atoms with Gasteiger partial charge in [-0.2, -0.15) is 0 Å². The van der Waals surface area contributed by atoms with E-state index in [0.717, 1.165) is 18.2 Å². The van der Waals surface area contributed by atoms with E-state index in [1.807, 2.05) is 0 Å². The average molecular weight is 304 g/mol. The minimum Gasteiger partial charge on any atom is -0.324 e. The molecule has 0 heterocycles. The summed E-state index contributed by atoms with van der Waals surface area (Å²) < 4.78 is 53.1. The van der Waals surface area contributed by atoms with Crippen molar-refractivity contribution >= 4 is 11.6 Å². The Morgan fingerprint density at radius 3 is 2.30 bits per heavy atom. The van der Waals surface area contributed by atoms with Crippen molar-refractivity contribution < 1.29 is 17.6 Å². The third kappa shape index (κ3) is 2.94. The van der Waals surface area contributed by atoms with Gasteiger partial charge in [0.25, 0.3) is 0 Å². The Hall–Kier alpha value is -1.59. The molecule has 106 valence electrons. The Morgan fingerprint density at radius 2 is 1.65 bits per heavy atom. The molecule has 2 aromatic rings. The van der Waals surface area contributed by atoms with Crippen molar-refractivity contribution in [3.05, 3.63) is 69.8 Å². The maximum absolute atomic E-state index is 13.6. The molecule has 0 bridgehead atoms. The van der Waals surface area contributed by atoms with Crippen LogP contribution in [0, 0.1) is 23.3 Å². The summed E-state index contributed by atoms with van der Waals surface area (Å²) in [5.41, 5.74) is 5.73. The van der Waals surface area contributed by atoms with Crippen LogP contribution in [0.25, 0.3) is 0 Å². The van der Waals surface area contributed by atoms with Crippen molar-refractivity contribution in [2.24, 2.45) is 5.73 Å². The van der Waals surface area contributed by atoms with Crippen molar-refractivity contribution in [2.45, 2.75) is 12.5 Å². The summed E-state index contributed by atoms with van der Waals surface area (Å²) in [6, 6.07) is 4.81. The largest absolute Gasteiger partial charge is 0.324 e. The molecular formula is C14H10ClF4N. The zero-order chi connectivity index (χ0) is 14.9. The van der Waals surface area contributed by atoms with Gasteiger partial charge in [0.15, 0.2) is 17.5 Å². The third-order valence-electron chi connectivity index (χ3n) is 2.92. The lowest BCUT2D eigenvalue weighted by Crippen LogP contribution is -2.17.